The Morgan fingerprint density at radius 3 is 2.56 bits per heavy atom. The molecule has 2 rings (SSSR count). The van der Waals surface area contributed by atoms with Crippen LogP contribution in [0.2, 0.25) is 5.02 Å². The Kier molecular flexibility index (Phi) is 8.00. The number of rotatable bonds is 7. The summed E-state index contributed by atoms with van der Waals surface area (Å²) in [7, 11) is 0. The van der Waals surface area contributed by atoms with Crippen LogP contribution in [0.3, 0.4) is 0 Å². The van der Waals surface area contributed by atoms with Crippen LogP contribution in [0.25, 0.3) is 0 Å². The van der Waals surface area contributed by atoms with E-state index in [1.807, 2.05) is 6.92 Å². The molecule has 0 aliphatic heterocycles. The van der Waals surface area contributed by atoms with Crippen LogP contribution in [0.4, 0.5) is 8.78 Å². The summed E-state index contributed by atoms with van der Waals surface area (Å²) in [6, 6.07) is 10.0. The third-order valence-corrected chi connectivity index (χ3v) is 3.91. The fourth-order valence-corrected chi connectivity index (χ4v) is 2.49. The molecular formula is C19H21ClF2N4O. The summed E-state index contributed by atoms with van der Waals surface area (Å²) in [6.07, 6.45) is 0. The van der Waals surface area contributed by atoms with E-state index in [0.29, 0.717) is 36.2 Å². The van der Waals surface area contributed by atoms with E-state index in [1.165, 1.54) is 0 Å². The van der Waals surface area contributed by atoms with Gasteiger partial charge in [-0.2, -0.15) is 0 Å². The first-order chi connectivity index (χ1) is 13.0. The van der Waals surface area contributed by atoms with Crippen molar-refractivity contribution >= 4 is 23.5 Å². The number of nitrogens with zero attached hydrogens (tertiary/aromatic N) is 1. The van der Waals surface area contributed by atoms with Gasteiger partial charge in [0, 0.05) is 25.2 Å². The largest absolute Gasteiger partial charge is 0.357 e. The molecule has 0 spiro atoms. The van der Waals surface area contributed by atoms with E-state index in [1.54, 1.807) is 24.3 Å². The van der Waals surface area contributed by atoms with Gasteiger partial charge in [-0.3, -0.25) is 4.79 Å². The van der Waals surface area contributed by atoms with E-state index in [9.17, 15) is 13.6 Å². The Hall–Kier alpha value is -2.67. The molecule has 0 aliphatic rings. The SMILES string of the molecule is CCNC(=NCc1cc(F)ccc1F)NCCNC(=O)c1ccccc1Cl. The zero-order valence-corrected chi connectivity index (χ0v) is 15.6. The summed E-state index contributed by atoms with van der Waals surface area (Å²) in [5.41, 5.74) is 0.570. The summed E-state index contributed by atoms with van der Waals surface area (Å²) in [5, 5.41) is 9.16. The summed E-state index contributed by atoms with van der Waals surface area (Å²) in [6.45, 7) is 3.21. The first kappa shape index (κ1) is 20.6. The molecule has 0 saturated heterocycles. The van der Waals surface area contributed by atoms with Gasteiger partial charge in [-0.05, 0) is 37.3 Å². The van der Waals surface area contributed by atoms with Crippen LogP contribution in [-0.2, 0) is 6.54 Å². The lowest BCUT2D eigenvalue weighted by molar-refractivity contribution is 0.0954. The molecule has 3 N–H and O–H groups in total. The van der Waals surface area contributed by atoms with Crippen molar-refractivity contribution in [3.8, 4) is 0 Å². The number of nitrogens with one attached hydrogen (secondary N) is 3. The van der Waals surface area contributed by atoms with Gasteiger partial charge in [-0.1, -0.05) is 23.7 Å². The second kappa shape index (κ2) is 10.5. The lowest BCUT2D eigenvalue weighted by Crippen LogP contribution is -2.41. The van der Waals surface area contributed by atoms with Gasteiger partial charge in [-0.15, -0.1) is 0 Å². The van der Waals surface area contributed by atoms with Crippen molar-refractivity contribution in [3.05, 3.63) is 70.2 Å². The molecule has 144 valence electrons. The van der Waals surface area contributed by atoms with Crippen molar-refractivity contribution in [3.63, 3.8) is 0 Å². The Labute approximate surface area is 161 Å². The van der Waals surface area contributed by atoms with Crippen LogP contribution in [0, 0.1) is 11.6 Å². The molecule has 0 aliphatic carbocycles. The van der Waals surface area contributed by atoms with Gasteiger partial charge < -0.3 is 16.0 Å². The van der Waals surface area contributed by atoms with Gasteiger partial charge in [-0.25, -0.2) is 13.8 Å². The smallest absolute Gasteiger partial charge is 0.252 e. The highest BCUT2D eigenvalue weighted by Crippen LogP contribution is 2.14. The van der Waals surface area contributed by atoms with Crippen LogP contribution in [0.5, 0.6) is 0 Å². The normalized spacial score (nSPS) is 11.2. The third-order valence-electron chi connectivity index (χ3n) is 3.58. The summed E-state index contributed by atoms with van der Waals surface area (Å²) in [5.74, 6) is -0.857. The fraction of sp³-hybridized carbons (Fsp3) is 0.263. The molecule has 0 radical (unpaired) electrons. The zero-order valence-electron chi connectivity index (χ0n) is 14.9. The van der Waals surface area contributed by atoms with Crippen molar-refractivity contribution in [2.75, 3.05) is 19.6 Å². The fourth-order valence-electron chi connectivity index (χ4n) is 2.27. The van der Waals surface area contributed by atoms with Crippen molar-refractivity contribution < 1.29 is 13.6 Å². The van der Waals surface area contributed by atoms with E-state index < -0.39 is 11.6 Å². The highest BCUT2D eigenvalue weighted by Gasteiger charge is 2.08. The average Bonchev–Trinajstić information content (AvgIpc) is 2.65. The van der Waals surface area contributed by atoms with Crippen LogP contribution in [0.15, 0.2) is 47.5 Å². The maximum Gasteiger partial charge on any atom is 0.252 e. The predicted octanol–water partition coefficient (Wildman–Crippen LogP) is 3.10. The molecule has 0 saturated carbocycles. The zero-order chi connectivity index (χ0) is 19.6. The number of benzene rings is 2. The summed E-state index contributed by atoms with van der Waals surface area (Å²) < 4.78 is 26.9. The molecule has 0 bridgehead atoms. The van der Waals surface area contributed by atoms with Gasteiger partial charge in [0.05, 0.1) is 17.1 Å². The minimum absolute atomic E-state index is 0.00902. The molecule has 0 unspecified atom stereocenters. The van der Waals surface area contributed by atoms with Gasteiger partial charge in [0.2, 0.25) is 0 Å². The van der Waals surface area contributed by atoms with Crippen LogP contribution in [0.1, 0.15) is 22.8 Å². The molecule has 8 heteroatoms. The van der Waals surface area contributed by atoms with Gasteiger partial charge in [0.15, 0.2) is 5.96 Å². The Bertz CT molecular complexity index is 814. The topological polar surface area (TPSA) is 65.5 Å². The average molecular weight is 395 g/mol. The first-order valence-corrected chi connectivity index (χ1v) is 8.88. The molecular weight excluding hydrogens is 374 g/mol. The minimum Gasteiger partial charge on any atom is -0.357 e. The lowest BCUT2D eigenvalue weighted by atomic mass is 10.2. The molecule has 0 aromatic heterocycles. The summed E-state index contributed by atoms with van der Waals surface area (Å²) >= 11 is 5.98. The van der Waals surface area contributed by atoms with E-state index in [-0.39, 0.29) is 18.0 Å². The van der Waals surface area contributed by atoms with Crippen molar-refractivity contribution in [1.29, 1.82) is 0 Å². The molecule has 1 amide bonds. The monoisotopic (exact) mass is 394 g/mol. The van der Waals surface area contributed by atoms with Gasteiger partial charge in [0.1, 0.15) is 11.6 Å². The van der Waals surface area contributed by atoms with E-state index >= 15 is 0 Å². The molecule has 27 heavy (non-hydrogen) atoms. The quantitative estimate of drug-likeness (QED) is 0.384. The molecule has 0 fully saturated rings. The number of guanidine groups is 1. The van der Waals surface area contributed by atoms with Gasteiger partial charge in [0.25, 0.3) is 5.91 Å². The van der Waals surface area contributed by atoms with E-state index in [0.717, 1.165) is 18.2 Å². The van der Waals surface area contributed by atoms with Crippen LogP contribution >= 0.6 is 11.6 Å². The first-order valence-electron chi connectivity index (χ1n) is 8.50. The number of carbonyl (C=O) groups excluding carboxylic acids is 1. The maximum absolute atomic E-state index is 13.7. The summed E-state index contributed by atoms with van der Waals surface area (Å²) in [4.78, 5) is 16.3. The predicted molar refractivity (Wildman–Crippen MR) is 103 cm³/mol. The lowest BCUT2D eigenvalue weighted by Gasteiger charge is -2.12. The number of hydrogen-bond donors (Lipinski definition) is 3. The standard InChI is InChI=1S/C19H21ClF2N4O/c1-2-23-19(26-12-13-11-14(21)7-8-17(13)22)25-10-9-24-18(27)15-5-3-4-6-16(15)20/h3-8,11H,2,9-10,12H2,1H3,(H,24,27)(H2,23,25,26). The maximum atomic E-state index is 13.7. The van der Waals surface area contributed by atoms with E-state index in [4.69, 9.17) is 11.6 Å². The highest BCUT2D eigenvalue weighted by molar-refractivity contribution is 6.33. The molecule has 2 aromatic carbocycles. The van der Waals surface area contributed by atoms with Crippen molar-refractivity contribution in [2.24, 2.45) is 4.99 Å². The number of hydrogen-bond acceptors (Lipinski definition) is 2. The van der Waals surface area contributed by atoms with Crippen LogP contribution in [-0.4, -0.2) is 31.5 Å². The molecule has 0 atom stereocenters. The minimum atomic E-state index is -0.512. The second-order valence-electron chi connectivity index (χ2n) is 5.59. The number of aliphatic imine (C=N–C) groups is 1. The molecule has 5 nitrogen and oxygen atoms in total. The molecule has 0 heterocycles. The van der Waals surface area contributed by atoms with Crippen molar-refractivity contribution in [1.82, 2.24) is 16.0 Å². The molecule has 2 aromatic rings. The van der Waals surface area contributed by atoms with Crippen LogP contribution < -0.4 is 16.0 Å². The van der Waals surface area contributed by atoms with Crippen molar-refractivity contribution in [2.45, 2.75) is 13.5 Å². The number of carbonyl (C=O) groups is 1. The highest BCUT2D eigenvalue weighted by atomic mass is 35.5. The third kappa shape index (κ3) is 6.53. The van der Waals surface area contributed by atoms with E-state index in [2.05, 4.69) is 20.9 Å². The Balaban J connectivity index is 1.86. The number of amides is 1. The Morgan fingerprint density at radius 1 is 1.07 bits per heavy atom. The Morgan fingerprint density at radius 2 is 1.81 bits per heavy atom. The second-order valence-corrected chi connectivity index (χ2v) is 6.00. The van der Waals surface area contributed by atoms with Gasteiger partial charge >= 0.3 is 0 Å². The number of halogens is 3.